The molecule has 1 fully saturated rings. The van der Waals surface area contributed by atoms with Crippen molar-refractivity contribution in [3.05, 3.63) is 34.9 Å². The van der Waals surface area contributed by atoms with E-state index in [1.807, 2.05) is 0 Å². The molecule has 0 aliphatic carbocycles. The second-order valence-electron chi connectivity index (χ2n) is 5.17. The predicted octanol–water partition coefficient (Wildman–Crippen LogP) is 1.87. The number of nitrogens with zero attached hydrogens (tertiary/aromatic N) is 2. The molecule has 7 heteroatoms. The van der Waals surface area contributed by atoms with Gasteiger partial charge in [0.25, 0.3) is 5.91 Å². The summed E-state index contributed by atoms with van der Waals surface area (Å²) in [6.45, 7) is 2.05. The van der Waals surface area contributed by atoms with Gasteiger partial charge in [-0.1, -0.05) is 11.2 Å². The fourth-order valence-corrected chi connectivity index (χ4v) is 2.50. The Hall–Kier alpha value is -2.18. The molecular weight excluding hydrogens is 280 g/mol. The molecule has 1 aromatic rings. The van der Waals surface area contributed by atoms with Crippen molar-refractivity contribution in [2.24, 2.45) is 16.8 Å². The van der Waals surface area contributed by atoms with Crippen LogP contribution in [0, 0.1) is 24.5 Å². The van der Waals surface area contributed by atoms with Crippen LogP contribution in [0.2, 0.25) is 0 Å². The fourth-order valence-electron chi connectivity index (χ4n) is 2.50. The third-order valence-electron chi connectivity index (χ3n) is 3.74. The van der Waals surface area contributed by atoms with Gasteiger partial charge in [-0.05, 0) is 31.4 Å². The molecule has 0 radical (unpaired) electrons. The summed E-state index contributed by atoms with van der Waals surface area (Å²) in [5.41, 5.74) is 5.21. The zero-order valence-corrected chi connectivity index (χ0v) is 11.6. The van der Waals surface area contributed by atoms with E-state index in [0.29, 0.717) is 19.4 Å². The van der Waals surface area contributed by atoms with Crippen LogP contribution in [-0.2, 0) is 0 Å². The molecule has 1 saturated heterocycles. The quantitative estimate of drug-likeness (QED) is 0.378. The molecule has 0 aromatic heterocycles. The van der Waals surface area contributed by atoms with E-state index in [1.54, 1.807) is 0 Å². The summed E-state index contributed by atoms with van der Waals surface area (Å²) in [5, 5.41) is 11.6. The summed E-state index contributed by atoms with van der Waals surface area (Å²) in [6, 6.07) is 2.37. The van der Waals surface area contributed by atoms with Crippen molar-refractivity contribution >= 4 is 11.7 Å². The number of aryl methyl sites for hydroxylation is 1. The topological polar surface area (TPSA) is 78.9 Å². The summed E-state index contributed by atoms with van der Waals surface area (Å²) in [7, 11) is 0. The Kier molecular flexibility index (Phi) is 4.40. The predicted molar refractivity (Wildman–Crippen MR) is 73.1 cm³/mol. The van der Waals surface area contributed by atoms with Crippen molar-refractivity contribution in [1.82, 2.24) is 4.90 Å². The second kappa shape index (κ2) is 6.07. The van der Waals surface area contributed by atoms with Crippen LogP contribution in [0.1, 0.15) is 28.8 Å². The van der Waals surface area contributed by atoms with Crippen molar-refractivity contribution in [3.8, 4) is 0 Å². The van der Waals surface area contributed by atoms with Gasteiger partial charge in [0.1, 0.15) is 23.0 Å². The molecule has 114 valence electrons. The maximum absolute atomic E-state index is 14.0. The molecule has 21 heavy (non-hydrogen) atoms. The molecule has 1 aliphatic rings. The first-order valence-electron chi connectivity index (χ1n) is 6.67. The highest BCUT2D eigenvalue weighted by Gasteiger charge is 2.30. The first kappa shape index (κ1) is 15.2. The van der Waals surface area contributed by atoms with Gasteiger partial charge >= 0.3 is 0 Å². The van der Waals surface area contributed by atoms with Crippen LogP contribution in [0.4, 0.5) is 8.78 Å². The standard InChI is InChI=1S/C14H17F2N3O2/c1-8-4-5-10(15)11(12(8)16)14(20)19-6-2-3-9(7-19)13(17)18-21/h4-5,9,21H,2-3,6-7H2,1H3,(H2,17,18). The number of hydrogen-bond acceptors (Lipinski definition) is 3. The van der Waals surface area contributed by atoms with E-state index >= 15 is 0 Å². The van der Waals surface area contributed by atoms with Gasteiger partial charge in [0.2, 0.25) is 0 Å². The normalized spacial score (nSPS) is 19.7. The van der Waals surface area contributed by atoms with Crippen LogP contribution >= 0.6 is 0 Å². The minimum Gasteiger partial charge on any atom is -0.409 e. The molecule has 1 atom stereocenters. The Bertz CT molecular complexity index is 590. The van der Waals surface area contributed by atoms with Gasteiger partial charge in [-0.25, -0.2) is 8.78 Å². The van der Waals surface area contributed by atoms with E-state index in [-0.39, 0.29) is 23.9 Å². The lowest BCUT2D eigenvalue weighted by Crippen LogP contribution is -2.44. The molecule has 0 saturated carbocycles. The molecule has 3 N–H and O–H groups in total. The fraction of sp³-hybridized carbons (Fsp3) is 0.429. The van der Waals surface area contributed by atoms with Crippen LogP contribution in [-0.4, -0.2) is 34.9 Å². The Morgan fingerprint density at radius 2 is 2.19 bits per heavy atom. The Morgan fingerprint density at radius 3 is 2.86 bits per heavy atom. The monoisotopic (exact) mass is 297 g/mol. The van der Waals surface area contributed by atoms with Crippen molar-refractivity contribution < 1.29 is 18.8 Å². The number of carbonyl (C=O) groups excluding carboxylic acids is 1. The molecule has 2 rings (SSSR count). The third-order valence-corrected chi connectivity index (χ3v) is 3.74. The highest BCUT2D eigenvalue weighted by Crippen LogP contribution is 2.22. The Morgan fingerprint density at radius 1 is 1.48 bits per heavy atom. The van der Waals surface area contributed by atoms with E-state index in [1.165, 1.54) is 17.9 Å². The Labute approximate surface area is 121 Å². The smallest absolute Gasteiger partial charge is 0.259 e. The SMILES string of the molecule is Cc1ccc(F)c(C(=O)N2CCCC(/C(N)=N/O)C2)c1F. The summed E-state index contributed by atoms with van der Waals surface area (Å²) in [4.78, 5) is 13.7. The number of halogens is 2. The van der Waals surface area contributed by atoms with E-state index in [2.05, 4.69) is 5.16 Å². The van der Waals surface area contributed by atoms with Gasteiger partial charge < -0.3 is 15.8 Å². The number of amides is 1. The lowest BCUT2D eigenvalue weighted by Gasteiger charge is -2.32. The summed E-state index contributed by atoms with van der Waals surface area (Å²) >= 11 is 0. The molecular formula is C14H17F2N3O2. The van der Waals surface area contributed by atoms with E-state index in [4.69, 9.17) is 10.9 Å². The number of hydrogen-bond donors (Lipinski definition) is 2. The number of carbonyl (C=O) groups is 1. The van der Waals surface area contributed by atoms with Crippen molar-refractivity contribution in [1.29, 1.82) is 0 Å². The van der Waals surface area contributed by atoms with Crippen molar-refractivity contribution in [3.63, 3.8) is 0 Å². The molecule has 1 amide bonds. The number of likely N-dealkylation sites (tertiary alicyclic amines) is 1. The summed E-state index contributed by atoms with van der Waals surface area (Å²) in [6.07, 6.45) is 1.29. The van der Waals surface area contributed by atoms with Gasteiger partial charge in [0.15, 0.2) is 0 Å². The van der Waals surface area contributed by atoms with Crippen LogP contribution in [0.15, 0.2) is 17.3 Å². The van der Waals surface area contributed by atoms with Crippen LogP contribution in [0.25, 0.3) is 0 Å². The van der Waals surface area contributed by atoms with E-state index in [9.17, 15) is 13.6 Å². The first-order valence-corrected chi connectivity index (χ1v) is 6.67. The number of amidine groups is 1. The maximum Gasteiger partial charge on any atom is 0.259 e. The zero-order chi connectivity index (χ0) is 15.6. The van der Waals surface area contributed by atoms with Crippen LogP contribution in [0.5, 0.6) is 0 Å². The van der Waals surface area contributed by atoms with Crippen LogP contribution in [0.3, 0.4) is 0 Å². The molecule has 1 aromatic carbocycles. The van der Waals surface area contributed by atoms with Gasteiger partial charge in [-0.2, -0.15) is 0 Å². The number of piperidine rings is 1. The minimum absolute atomic E-state index is 0.0256. The van der Waals surface area contributed by atoms with Gasteiger partial charge in [0.05, 0.1) is 0 Å². The first-order chi connectivity index (χ1) is 9.95. The third kappa shape index (κ3) is 2.96. The lowest BCUT2D eigenvalue weighted by molar-refractivity contribution is 0.0691. The van der Waals surface area contributed by atoms with Gasteiger partial charge in [0, 0.05) is 19.0 Å². The molecule has 1 unspecified atom stereocenters. The lowest BCUT2D eigenvalue weighted by atomic mass is 9.96. The number of benzene rings is 1. The maximum atomic E-state index is 14.0. The average molecular weight is 297 g/mol. The summed E-state index contributed by atoms with van der Waals surface area (Å²) in [5.74, 6) is -2.70. The number of nitrogens with two attached hydrogens (primary N) is 1. The van der Waals surface area contributed by atoms with Crippen molar-refractivity contribution in [2.45, 2.75) is 19.8 Å². The van der Waals surface area contributed by atoms with E-state index in [0.717, 1.165) is 6.07 Å². The Balaban J connectivity index is 2.26. The molecule has 0 bridgehead atoms. The summed E-state index contributed by atoms with van der Waals surface area (Å²) < 4.78 is 27.8. The highest BCUT2D eigenvalue weighted by molar-refractivity contribution is 5.95. The highest BCUT2D eigenvalue weighted by atomic mass is 19.1. The number of rotatable bonds is 2. The van der Waals surface area contributed by atoms with E-state index < -0.39 is 23.1 Å². The average Bonchev–Trinajstić information content (AvgIpc) is 2.50. The van der Waals surface area contributed by atoms with Gasteiger partial charge in [-0.15, -0.1) is 0 Å². The molecule has 1 aliphatic heterocycles. The molecule has 5 nitrogen and oxygen atoms in total. The van der Waals surface area contributed by atoms with Crippen LogP contribution < -0.4 is 5.73 Å². The largest absolute Gasteiger partial charge is 0.409 e. The second-order valence-corrected chi connectivity index (χ2v) is 5.17. The molecule has 0 spiro atoms. The molecule has 1 heterocycles. The number of oxime groups is 1. The minimum atomic E-state index is -0.881. The van der Waals surface area contributed by atoms with Crippen molar-refractivity contribution in [2.75, 3.05) is 13.1 Å². The van der Waals surface area contributed by atoms with Gasteiger partial charge in [-0.3, -0.25) is 4.79 Å². The zero-order valence-electron chi connectivity index (χ0n) is 11.6.